The molecule has 2 rings (SSSR count). The molecule has 0 unspecified atom stereocenters. The summed E-state index contributed by atoms with van der Waals surface area (Å²) in [7, 11) is 0. The summed E-state index contributed by atoms with van der Waals surface area (Å²) in [5.74, 6) is 1.92. The van der Waals surface area contributed by atoms with Crippen molar-refractivity contribution in [2.24, 2.45) is 0 Å². The molecule has 2 aromatic rings. The molecule has 2 aromatic heterocycles. The first-order chi connectivity index (χ1) is 7.70. The van der Waals surface area contributed by atoms with Crippen LogP contribution in [0.2, 0.25) is 0 Å². The lowest BCUT2D eigenvalue weighted by Crippen LogP contribution is -1.84. The zero-order chi connectivity index (χ0) is 11.5. The molecular formula is C10H11N5O. The van der Waals surface area contributed by atoms with Gasteiger partial charge in [-0.25, -0.2) is 4.98 Å². The third-order valence-electron chi connectivity index (χ3n) is 1.94. The van der Waals surface area contributed by atoms with Crippen LogP contribution in [0.25, 0.3) is 17.3 Å². The maximum absolute atomic E-state index is 5.05. The van der Waals surface area contributed by atoms with Gasteiger partial charge < -0.3 is 4.52 Å². The van der Waals surface area contributed by atoms with Gasteiger partial charge in [-0.05, 0) is 19.4 Å². The van der Waals surface area contributed by atoms with Crippen molar-refractivity contribution in [2.75, 3.05) is 0 Å². The van der Waals surface area contributed by atoms with Gasteiger partial charge >= 0.3 is 0 Å². The van der Waals surface area contributed by atoms with E-state index < -0.39 is 0 Å². The van der Waals surface area contributed by atoms with Gasteiger partial charge in [-0.1, -0.05) is 23.9 Å². The highest BCUT2D eigenvalue weighted by atomic mass is 16.5. The maximum Gasteiger partial charge on any atom is 0.297 e. The van der Waals surface area contributed by atoms with Crippen molar-refractivity contribution in [3.63, 3.8) is 0 Å². The molecule has 0 aliphatic rings. The van der Waals surface area contributed by atoms with Gasteiger partial charge in [-0.2, -0.15) is 4.98 Å². The van der Waals surface area contributed by atoms with E-state index in [0.717, 1.165) is 5.57 Å². The monoisotopic (exact) mass is 217 g/mol. The Hall–Kier alpha value is -2.24. The zero-order valence-electron chi connectivity index (χ0n) is 9.06. The summed E-state index contributed by atoms with van der Waals surface area (Å²) in [5, 5.41) is 10.5. The van der Waals surface area contributed by atoms with Crippen LogP contribution in [-0.4, -0.2) is 25.3 Å². The molecule has 0 aromatic carbocycles. The van der Waals surface area contributed by atoms with Crippen LogP contribution in [0.4, 0.5) is 0 Å². The average Bonchev–Trinajstić information content (AvgIpc) is 2.85. The first kappa shape index (κ1) is 10.3. The van der Waals surface area contributed by atoms with E-state index in [9.17, 15) is 0 Å². The first-order valence-corrected chi connectivity index (χ1v) is 4.73. The third-order valence-corrected chi connectivity index (χ3v) is 1.94. The Morgan fingerprint density at radius 1 is 1.44 bits per heavy atom. The molecule has 0 atom stereocenters. The number of allylic oxidation sites excluding steroid dienone is 3. The summed E-state index contributed by atoms with van der Waals surface area (Å²) in [4.78, 5) is 8.27. The molecule has 0 spiro atoms. The van der Waals surface area contributed by atoms with Crippen LogP contribution in [0.3, 0.4) is 0 Å². The van der Waals surface area contributed by atoms with Gasteiger partial charge in [0.1, 0.15) is 5.82 Å². The normalized spacial score (nSPS) is 11.8. The molecule has 0 aliphatic carbocycles. The molecule has 0 amide bonds. The van der Waals surface area contributed by atoms with E-state index in [-0.39, 0.29) is 0 Å². The number of aromatic nitrogens is 5. The number of aryl methyl sites for hydroxylation is 1. The number of hydrogen-bond donors (Lipinski definition) is 1. The number of H-pyrrole nitrogens is 1. The second kappa shape index (κ2) is 4.09. The minimum atomic E-state index is 0.302. The lowest BCUT2D eigenvalue weighted by atomic mass is 10.3. The summed E-state index contributed by atoms with van der Waals surface area (Å²) in [5.41, 5.74) is 0.872. The number of aromatic amines is 1. The molecule has 0 saturated heterocycles. The molecule has 6 nitrogen and oxygen atoms in total. The van der Waals surface area contributed by atoms with E-state index in [4.69, 9.17) is 4.52 Å². The maximum atomic E-state index is 5.05. The number of nitrogens with one attached hydrogen (secondary N) is 1. The number of rotatable bonds is 3. The summed E-state index contributed by atoms with van der Waals surface area (Å²) in [6.45, 7) is 7.28. The minimum absolute atomic E-state index is 0.302. The molecule has 0 fully saturated rings. The molecule has 16 heavy (non-hydrogen) atoms. The summed E-state index contributed by atoms with van der Waals surface area (Å²) in [6.07, 6.45) is 3.47. The van der Waals surface area contributed by atoms with Crippen LogP contribution in [0.15, 0.2) is 23.3 Å². The van der Waals surface area contributed by atoms with Crippen molar-refractivity contribution in [1.29, 1.82) is 0 Å². The highest BCUT2D eigenvalue weighted by Crippen LogP contribution is 2.15. The number of hydrogen-bond acceptors (Lipinski definition) is 5. The number of nitrogens with zero attached hydrogens (tertiary/aromatic N) is 4. The Kier molecular flexibility index (Phi) is 2.63. The van der Waals surface area contributed by atoms with Gasteiger partial charge in [0, 0.05) is 0 Å². The van der Waals surface area contributed by atoms with Gasteiger partial charge in [-0.3, -0.25) is 5.10 Å². The minimum Gasteiger partial charge on any atom is -0.330 e. The lowest BCUT2D eigenvalue weighted by Gasteiger charge is -1.87. The van der Waals surface area contributed by atoms with Crippen molar-refractivity contribution >= 4 is 5.57 Å². The fourth-order valence-corrected chi connectivity index (χ4v) is 1.16. The molecular weight excluding hydrogens is 206 g/mol. The highest BCUT2D eigenvalue weighted by Gasteiger charge is 2.13. The zero-order valence-corrected chi connectivity index (χ0v) is 9.06. The Labute approximate surface area is 92.1 Å². The van der Waals surface area contributed by atoms with Crippen LogP contribution >= 0.6 is 0 Å². The van der Waals surface area contributed by atoms with E-state index >= 15 is 0 Å². The molecule has 6 heteroatoms. The van der Waals surface area contributed by atoms with Crippen molar-refractivity contribution in [3.8, 4) is 11.7 Å². The van der Waals surface area contributed by atoms with Gasteiger partial charge in [0.05, 0.1) is 0 Å². The molecule has 2 heterocycles. The van der Waals surface area contributed by atoms with E-state index in [1.165, 1.54) is 0 Å². The first-order valence-electron chi connectivity index (χ1n) is 4.73. The van der Waals surface area contributed by atoms with E-state index in [1.54, 1.807) is 19.1 Å². The SMILES string of the molecule is C=C/C=C(\C)c1noc(-c2n[nH]c(C)n2)n1. The van der Waals surface area contributed by atoms with Crippen molar-refractivity contribution < 1.29 is 4.52 Å². The summed E-state index contributed by atoms with van der Waals surface area (Å²) >= 11 is 0. The smallest absolute Gasteiger partial charge is 0.297 e. The van der Waals surface area contributed by atoms with Crippen LogP contribution < -0.4 is 0 Å². The largest absolute Gasteiger partial charge is 0.330 e. The van der Waals surface area contributed by atoms with Gasteiger partial charge in [0.25, 0.3) is 5.89 Å². The summed E-state index contributed by atoms with van der Waals surface area (Å²) in [6, 6.07) is 0. The van der Waals surface area contributed by atoms with E-state index in [2.05, 4.69) is 31.9 Å². The van der Waals surface area contributed by atoms with E-state index in [0.29, 0.717) is 23.4 Å². The average molecular weight is 217 g/mol. The molecule has 0 radical (unpaired) electrons. The lowest BCUT2D eigenvalue weighted by molar-refractivity contribution is 0.425. The van der Waals surface area contributed by atoms with E-state index in [1.807, 2.05) is 6.92 Å². The van der Waals surface area contributed by atoms with Crippen LogP contribution in [0.5, 0.6) is 0 Å². The predicted octanol–water partition coefficient (Wildman–Crippen LogP) is 1.75. The topological polar surface area (TPSA) is 80.5 Å². The molecule has 82 valence electrons. The third kappa shape index (κ3) is 1.90. The second-order valence-electron chi connectivity index (χ2n) is 3.25. The van der Waals surface area contributed by atoms with Gasteiger partial charge in [0.2, 0.25) is 5.82 Å². The molecule has 0 bridgehead atoms. The van der Waals surface area contributed by atoms with Gasteiger partial charge in [0.15, 0.2) is 5.82 Å². The Morgan fingerprint density at radius 2 is 2.25 bits per heavy atom. The van der Waals surface area contributed by atoms with Crippen LogP contribution in [-0.2, 0) is 0 Å². The van der Waals surface area contributed by atoms with Crippen molar-refractivity contribution in [1.82, 2.24) is 25.3 Å². The van der Waals surface area contributed by atoms with Crippen molar-refractivity contribution in [2.45, 2.75) is 13.8 Å². The standard InChI is InChI=1S/C10H11N5O/c1-4-5-6(2)8-12-10(16-15-8)9-11-7(3)13-14-9/h4-5H,1H2,2-3H3,(H,11,13,14)/b6-5+. The molecule has 0 aliphatic heterocycles. The van der Waals surface area contributed by atoms with Crippen molar-refractivity contribution in [3.05, 3.63) is 30.4 Å². The Morgan fingerprint density at radius 3 is 2.88 bits per heavy atom. The molecule has 1 N–H and O–H groups in total. The Bertz CT molecular complexity index is 537. The fourth-order valence-electron chi connectivity index (χ4n) is 1.16. The quantitative estimate of drug-likeness (QED) is 0.792. The summed E-state index contributed by atoms with van der Waals surface area (Å²) < 4.78 is 5.05. The molecule has 0 saturated carbocycles. The fraction of sp³-hybridized carbons (Fsp3) is 0.200. The highest BCUT2D eigenvalue weighted by molar-refractivity contribution is 5.60. The van der Waals surface area contributed by atoms with Crippen LogP contribution in [0, 0.1) is 6.92 Å². The predicted molar refractivity (Wildman–Crippen MR) is 58.3 cm³/mol. The Balaban J connectivity index is 2.33. The van der Waals surface area contributed by atoms with Gasteiger partial charge in [-0.15, -0.1) is 5.10 Å². The van der Waals surface area contributed by atoms with Crippen LogP contribution in [0.1, 0.15) is 18.6 Å². The second-order valence-corrected chi connectivity index (χ2v) is 3.25.